The average Bonchev–Trinajstić information content (AvgIpc) is 2.79. The van der Waals surface area contributed by atoms with Gasteiger partial charge in [0.1, 0.15) is 0 Å². The highest BCUT2D eigenvalue weighted by molar-refractivity contribution is 6.16. The zero-order chi connectivity index (χ0) is 14.4. The maximum Gasteiger partial charge on any atom is 0.0814 e. The first-order valence-electron chi connectivity index (χ1n) is 7.20. The maximum atomic E-state index is 4.94. The lowest BCUT2D eigenvalue weighted by Gasteiger charge is -2.15. The monoisotopic (exact) mass is 272 g/mol. The van der Waals surface area contributed by atoms with Crippen molar-refractivity contribution in [3.63, 3.8) is 0 Å². The van der Waals surface area contributed by atoms with Crippen LogP contribution in [0.5, 0.6) is 0 Å². The summed E-state index contributed by atoms with van der Waals surface area (Å²) in [6.07, 6.45) is 1.93. The summed E-state index contributed by atoms with van der Waals surface area (Å²) in [5.41, 5.74) is 5.50. The molecule has 4 rings (SSSR count). The summed E-state index contributed by atoms with van der Waals surface area (Å²) in [5.74, 6) is 0. The minimum Gasteiger partial charge on any atom is -0.273 e. The molecular weight excluding hydrogens is 256 g/mol. The number of hydrogen-bond donors (Lipinski definition) is 0. The molecule has 0 radical (unpaired) electrons. The van der Waals surface area contributed by atoms with Gasteiger partial charge < -0.3 is 0 Å². The third-order valence-corrected chi connectivity index (χ3v) is 4.10. The highest BCUT2D eigenvalue weighted by Gasteiger charge is 2.31. The van der Waals surface area contributed by atoms with Gasteiger partial charge in [-0.05, 0) is 31.5 Å². The summed E-state index contributed by atoms with van der Waals surface area (Å²) in [6, 6.07) is 18.8. The fourth-order valence-electron chi connectivity index (χ4n) is 3.04. The molecule has 0 saturated heterocycles. The van der Waals surface area contributed by atoms with Crippen LogP contribution in [-0.4, -0.2) is 10.7 Å². The normalized spacial score (nSPS) is 15.8. The molecule has 0 aliphatic carbocycles. The van der Waals surface area contributed by atoms with Gasteiger partial charge in [0.2, 0.25) is 0 Å². The maximum absolute atomic E-state index is 4.94. The lowest BCUT2D eigenvalue weighted by atomic mass is 9.92. The topological polar surface area (TPSA) is 25.2 Å². The van der Waals surface area contributed by atoms with Crippen LogP contribution in [0.3, 0.4) is 0 Å². The second kappa shape index (κ2) is 4.26. The minimum absolute atomic E-state index is 0.169. The van der Waals surface area contributed by atoms with Crippen LogP contribution in [0.2, 0.25) is 0 Å². The molecule has 0 atom stereocenters. The molecule has 2 heterocycles. The summed E-state index contributed by atoms with van der Waals surface area (Å²) in [5, 5.41) is 1.15. The van der Waals surface area contributed by atoms with E-state index in [9.17, 15) is 0 Å². The number of aliphatic imine (C=N–C) groups is 1. The Kier molecular flexibility index (Phi) is 2.49. The largest absolute Gasteiger partial charge is 0.273 e. The number of fused-ring (bicyclic) bond motifs is 2. The molecular formula is C19H16N2. The van der Waals surface area contributed by atoms with Crippen LogP contribution in [0, 0.1) is 0 Å². The second-order valence-corrected chi connectivity index (χ2v) is 5.98. The van der Waals surface area contributed by atoms with Gasteiger partial charge in [0.15, 0.2) is 0 Å². The van der Waals surface area contributed by atoms with Gasteiger partial charge in [0, 0.05) is 22.7 Å². The van der Waals surface area contributed by atoms with Crippen LogP contribution in [0.4, 0.5) is 0 Å². The van der Waals surface area contributed by atoms with Crippen LogP contribution in [-0.2, 0) is 5.54 Å². The molecule has 2 heteroatoms. The van der Waals surface area contributed by atoms with E-state index >= 15 is 0 Å². The number of nitrogens with zero attached hydrogens (tertiary/aromatic N) is 2. The fraction of sp³-hybridized carbons (Fsp3) is 0.158. The summed E-state index contributed by atoms with van der Waals surface area (Å²) in [4.78, 5) is 9.51. The molecule has 1 aliphatic rings. The number of hydrogen-bond acceptors (Lipinski definition) is 2. The van der Waals surface area contributed by atoms with E-state index in [4.69, 9.17) is 4.99 Å². The Bertz CT molecular complexity index is 875. The quantitative estimate of drug-likeness (QED) is 0.647. The molecule has 1 aliphatic heterocycles. The zero-order valence-corrected chi connectivity index (χ0v) is 12.2. The molecule has 0 unspecified atom stereocenters. The Morgan fingerprint density at radius 3 is 2.57 bits per heavy atom. The van der Waals surface area contributed by atoms with E-state index in [-0.39, 0.29) is 5.54 Å². The molecule has 21 heavy (non-hydrogen) atoms. The number of rotatable bonds is 1. The number of pyridine rings is 1. The summed E-state index contributed by atoms with van der Waals surface area (Å²) in [6.45, 7) is 4.32. The second-order valence-electron chi connectivity index (χ2n) is 5.98. The predicted octanol–water partition coefficient (Wildman–Crippen LogP) is 4.32. The molecule has 0 amide bonds. The molecule has 2 aromatic carbocycles. The van der Waals surface area contributed by atoms with Crippen LogP contribution in [0.1, 0.15) is 30.5 Å². The van der Waals surface area contributed by atoms with E-state index in [1.807, 2.05) is 24.4 Å². The Morgan fingerprint density at radius 2 is 1.67 bits per heavy atom. The van der Waals surface area contributed by atoms with Gasteiger partial charge in [0.05, 0.1) is 16.8 Å². The first-order chi connectivity index (χ1) is 10.1. The summed E-state index contributed by atoms with van der Waals surface area (Å²) in [7, 11) is 0. The molecule has 0 N–H and O–H groups in total. The Morgan fingerprint density at radius 1 is 0.905 bits per heavy atom. The van der Waals surface area contributed by atoms with Crippen molar-refractivity contribution in [3.8, 4) is 0 Å². The van der Waals surface area contributed by atoms with Gasteiger partial charge in [-0.2, -0.15) is 0 Å². The predicted molar refractivity (Wildman–Crippen MR) is 86.9 cm³/mol. The van der Waals surface area contributed by atoms with E-state index in [2.05, 4.69) is 55.2 Å². The zero-order valence-electron chi connectivity index (χ0n) is 12.2. The van der Waals surface area contributed by atoms with Crippen molar-refractivity contribution in [2.75, 3.05) is 0 Å². The van der Waals surface area contributed by atoms with Crippen LogP contribution < -0.4 is 0 Å². The van der Waals surface area contributed by atoms with Gasteiger partial charge >= 0.3 is 0 Å². The van der Waals surface area contributed by atoms with Gasteiger partial charge in [0.25, 0.3) is 0 Å². The lowest BCUT2D eigenvalue weighted by Crippen LogP contribution is -2.09. The highest BCUT2D eigenvalue weighted by atomic mass is 14.9. The molecule has 0 fully saturated rings. The minimum atomic E-state index is -0.169. The van der Waals surface area contributed by atoms with Gasteiger partial charge in [-0.3, -0.25) is 9.98 Å². The molecule has 0 saturated carbocycles. The third-order valence-electron chi connectivity index (χ3n) is 4.10. The molecule has 102 valence electrons. The van der Waals surface area contributed by atoms with Crippen LogP contribution >= 0.6 is 0 Å². The fourth-order valence-corrected chi connectivity index (χ4v) is 3.04. The average molecular weight is 272 g/mol. The van der Waals surface area contributed by atoms with Gasteiger partial charge in [-0.1, -0.05) is 42.5 Å². The van der Waals surface area contributed by atoms with E-state index in [0.29, 0.717) is 0 Å². The van der Waals surface area contributed by atoms with Crippen molar-refractivity contribution >= 4 is 16.6 Å². The lowest BCUT2D eigenvalue weighted by molar-refractivity contribution is 0.572. The summed E-state index contributed by atoms with van der Waals surface area (Å²) < 4.78 is 0. The van der Waals surface area contributed by atoms with Crippen molar-refractivity contribution in [3.05, 3.63) is 77.5 Å². The Balaban J connectivity index is 1.93. The van der Waals surface area contributed by atoms with Gasteiger partial charge in [-0.25, -0.2) is 0 Å². The standard InChI is InChI=1S/C19H16N2/c1-19(2)16-9-5-4-8-15(16)18(21-19)14-11-13-7-3-6-10-17(13)20-12-14/h3-12H,1-2H3. The number of benzene rings is 2. The molecule has 1 aromatic heterocycles. The molecule has 0 bridgehead atoms. The molecule has 3 aromatic rings. The van der Waals surface area contributed by atoms with E-state index in [1.165, 1.54) is 11.1 Å². The number of para-hydroxylation sites is 1. The van der Waals surface area contributed by atoms with E-state index in [0.717, 1.165) is 22.2 Å². The SMILES string of the molecule is CC1(C)N=C(c2cnc3ccccc3c2)c2ccccc21. The van der Waals surface area contributed by atoms with Crippen molar-refractivity contribution in [1.82, 2.24) is 4.98 Å². The smallest absolute Gasteiger partial charge is 0.0814 e. The highest BCUT2D eigenvalue weighted by Crippen LogP contribution is 2.36. The first kappa shape index (κ1) is 12.3. The third kappa shape index (κ3) is 1.87. The first-order valence-corrected chi connectivity index (χ1v) is 7.20. The van der Waals surface area contributed by atoms with E-state index in [1.54, 1.807) is 0 Å². The van der Waals surface area contributed by atoms with Crippen molar-refractivity contribution in [2.24, 2.45) is 4.99 Å². The molecule has 2 nitrogen and oxygen atoms in total. The Hall–Kier alpha value is -2.48. The van der Waals surface area contributed by atoms with Crippen LogP contribution in [0.15, 0.2) is 65.8 Å². The summed E-state index contributed by atoms with van der Waals surface area (Å²) >= 11 is 0. The molecule has 0 spiro atoms. The van der Waals surface area contributed by atoms with Gasteiger partial charge in [-0.15, -0.1) is 0 Å². The van der Waals surface area contributed by atoms with Crippen molar-refractivity contribution < 1.29 is 0 Å². The van der Waals surface area contributed by atoms with E-state index < -0.39 is 0 Å². The van der Waals surface area contributed by atoms with Crippen molar-refractivity contribution in [1.29, 1.82) is 0 Å². The Labute approximate surface area is 124 Å². The van der Waals surface area contributed by atoms with Crippen LogP contribution in [0.25, 0.3) is 10.9 Å². The van der Waals surface area contributed by atoms with Crippen molar-refractivity contribution in [2.45, 2.75) is 19.4 Å². The number of aromatic nitrogens is 1.